The van der Waals surface area contributed by atoms with E-state index >= 15 is 0 Å². The minimum Gasteiger partial charge on any atom is -0.481 e. The molecule has 0 unspecified atom stereocenters. The third kappa shape index (κ3) is 8.55. The molecule has 3 aliphatic rings. The third-order valence-electron chi connectivity index (χ3n) is 10.7. The van der Waals surface area contributed by atoms with Gasteiger partial charge in [0.1, 0.15) is 11.7 Å². The van der Waals surface area contributed by atoms with Crippen molar-refractivity contribution in [2.45, 2.75) is 82.5 Å². The van der Waals surface area contributed by atoms with Crippen LogP contribution >= 0.6 is 11.6 Å². The zero-order chi connectivity index (χ0) is 38.9. The molecule has 2 aromatic carbocycles. The maximum Gasteiger partial charge on any atom is 0.421 e. The number of carbonyl (C=O) groups is 1. The molecule has 14 heteroatoms. The van der Waals surface area contributed by atoms with E-state index in [-0.39, 0.29) is 35.9 Å². The molecular formula is C41H45ClF3N5O5. The number of hydrogen-bond donors (Lipinski definition) is 4. The van der Waals surface area contributed by atoms with Crippen LogP contribution in [0, 0.1) is 5.92 Å². The molecule has 2 atom stereocenters. The van der Waals surface area contributed by atoms with Crippen LogP contribution in [0.15, 0.2) is 54.6 Å². The van der Waals surface area contributed by atoms with Crippen molar-refractivity contribution in [3.8, 4) is 40.0 Å². The first kappa shape index (κ1) is 38.8. The molecule has 1 saturated carbocycles. The molecule has 2 aliphatic carbocycles. The summed E-state index contributed by atoms with van der Waals surface area (Å²) in [7, 11) is 2.94. The Morgan fingerprint density at radius 3 is 2.29 bits per heavy atom. The largest absolute Gasteiger partial charge is 0.481 e. The number of nitrogens with one attached hydrogen (secondary N) is 3. The minimum absolute atomic E-state index is 0.0558. The first-order chi connectivity index (χ1) is 26.3. The molecule has 0 bridgehead atoms. The van der Waals surface area contributed by atoms with Crippen molar-refractivity contribution in [2.24, 2.45) is 5.92 Å². The minimum atomic E-state index is -4.71. The Balaban J connectivity index is 1.10. The molecule has 10 nitrogen and oxygen atoms in total. The zero-order valence-corrected chi connectivity index (χ0v) is 31.7. The number of halogens is 4. The number of aliphatic hydroxyl groups is 1. The number of amides is 1. The van der Waals surface area contributed by atoms with Gasteiger partial charge in [-0.25, -0.2) is 4.98 Å². The van der Waals surface area contributed by atoms with E-state index in [0.29, 0.717) is 73.9 Å². The lowest BCUT2D eigenvalue weighted by Crippen LogP contribution is -2.44. The van der Waals surface area contributed by atoms with E-state index in [1.807, 2.05) is 48.5 Å². The summed E-state index contributed by atoms with van der Waals surface area (Å²) in [4.78, 5) is 20.6. The van der Waals surface area contributed by atoms with Crippen molar-refractivity contribution in [2.75, 3.05) is 27.3 Å². The first-order valence-corrected chi connectivity index (χ1v) is 18.9. The monoisotopic (exact) mass is 779 g/mol. The van der Waals surface area contributed by atoms with E-state index in [1.54, 1.807) is 14.0 Å². The molecular weight excluding hydrogens is 735 g/mol. The highest BCUT2D eigenvalue weighted by Gasteiger charge is 2.40. The van der Waals surface area contributed by atoms with Crippen LogP contribution in [-0.4, -0.2) is 59.9 Å². The van der Waals surface area contributed by atoms with Crippen molar-refractivity contribution >= 4 is 17.5 Å². The van der Waals surface area contributed by atoms with Gasteiger partial charge in [0.25, 0.3) is 0 Å². The van der Waals surface area contributed by atoms with Crippen molar-refractivity contribution in [3.05, 3.63) is 87.4 Å². The number of hydrogen-bond acceptors (Lipinski definition) is 9. The van der Waals surface area contributed by atoms with Crippen LogP contribution in [0.3, 0.4) is 0 Å². The van der Waals surface area contributed by atoms with Gasteiger partial charge in [-0.15, -0.1) is 0 Å². The standard InChI is InChI=1S/C41H45ClF3N5O5/c1-40(52)17-23(18-40)19-46-21-25-16-32(41(43,44)45)39(50-38(25)54-3)55-34-14-12-28-27(6-4-7-29(28)34)30-8-5-9-31(36(30)42)33-13-10-24(37(49-33)53-2)20-47-22-26-11-15-35(51)48-26/h4-10,13,16,23,26,34,46-47,52H,11-12,14-15,17-22H2,1-3H3,(H,48,51)/t23?,26-,34-,40?/m0/s1. The van der Waals surface area contributed by atoms with Crippen LogP contribution in [0.5, 0.6) is 17.6 Å². The summed E-state index contributed by atoms with van der Waals surface area (Å²) in [5.74, 6) is 0.307. The van der Waals surface area contributed by atoms with Crippen LogP contribution in [-0.2, 0) is 30.5 Å². The second-order valence-electron chi connectivity index (χ2n) is 14.9. The third-order valence-corrected chi connectivity index (χ3v) is 11.1. The fraction of sp³-hybridized carbons (Fsp3) is 0.439. The van der Waals surface area contributed by atoms with Gasteiger partial charge < -0.3 is 35.3 Å². The molecule has 292 valence electrons. The van der Waals surface area contributed by atoms with E-state index in [4.69, 9.17) is 30.8 Å². The SMILES string of the molecule is COc1nc(-c2cccc(-c3cccc4c3CC[C@@H]4Oc3nc(OC)c(CNCC4CC(C)(O)C4)cc3C(F)(F)F)c2Cl)ccc1CNC[C@@H]1CCC(=O)N1. The Bertz CT molecular complexity index is 2050. The molecule has 3 heterocycles. The number of pyridine rings is 2. The number of benzene rings is 2. The fourth-order valence-corrected chi connectivity index (χ4v) is 8.39. The van der Waals surface area contributed by atoms with Crippen LogP contribution in [0.1, 0.15) is 72.9 Å². The molecule has 55 heavy (non-hydrogen) atoms. The average molecular weight is 780 g/mol. The lowest BCUT2D eigenvalue weighted by molar-refractivity contribution is -0.139. The number of alkyl halides is 3. The molecule has 2 aromatic heterocycles. The number of aromatic nitrogens is 2. The molecule has 4 N–H and O–H groups in total. The predicted molar refractivity (Wildman–Crippen MR) is 202 cm³/mol. The summed E-state index contributed by atoms with van der Waals surface area (Å²) in [6.07, 6.45) is -1.76. The molecule has 1 saturated heterocycles. The van der Waals surface area contributed by atoms with Crippen molar-refractivity contribution < 1.29 is 37.3 Å². The maximum atomic E-state index is 14.5. The van der Waals surface area contributed by atoms with Crippen molar-refractivity contribution in [1.82, 2.24) is 25.9 Å². The number of methoxy groups -OCH3 is 2. The molecule has 4 aromatic rings. The Kier molecular flexibility index (Phi) is 11.3. The van der Waals surface area contributed by atoms with Gasteiger partial charge in [-0.1, -0.05) is 54.1 Å². The van der Waals surface area contributed by atoms with Gasteiger partial charge in [0.2, 0.25) is 23.5 Å². The Hall–Kier alpha value is -4.43. The highest BCUT2D eigenvalue weighted by atomic mass is 35.5. The van der Waals surface area contributed by atoms with Crippen LogP contribution < -0.4 is 30.2 Å². The Morgan fingerprint density at radius 2 is 1.58 bits per heavy atom. The van der Waals surface area contributed by atoms with E-state index in [9.17, 15) is 23.1 Å². The van der Waals surface area contributed by atoms with Gasteiger partial charge in [-0.2, -0.15) is 18.2 Å². The van der Waals surface area contributed by atoms with E-state index in [1.165, 1.54) is 7.11 Å². The number of nitrogens with zero attached hydrogens (tertiary/aromatic N) is 2. The number of fused-ring (bicyclic) bond motifs is 1. The lowest BCUT2D eigenvalue weighted by Gasteiger charge is -2.41. The summed E-state index contributed by atoms with van der Waals surface area (Å²) in [5, 5.41) is 20.0. The maximum absolute atomic E-state index is 14.5. The number of rotatable bonds is 14. The summed E-state index contributed by atoms with van der Waals surface area (Å²) in [6, 6.07) is 16.4. The summed E-state index contributed by atoms with van der Waals surface area (Å²) in [6.45, 7) is 3.62. The van der Waals surface area contributed by atoms with E-state index in [2.05, 4.69) is 20.9 Å². The van der Waals surface area contributed by atoms with Gasteiger partial charge in [-0.3, -0.25) is 4.79 Å². The normalized spacial score (nSPS) is 21.9. The quantitative estimate of drug-likeness (QED) is 0.105. The molecule has 1 amide bonds. The summed E-state index contributed by atoms with van der Waals surface area (Å²) >= 11 is 7.12. The van der Waals surface area contributed by atoms with Crippen LogP contribution in [0.25, 0.3) is 22.4 Å². The molecule has 0 spiro atoms. The summed E-state index contributed by atoms with van der Waals surface area (Å²) < 4.78 is 60.6. The second kappa shape index (κ2) is 16.0. The molecule has 2 fully saturated rings. The molecule has 0 radical (unpaired) electrons. The van der Waals surface area contributed by atoms with E-state index in [0.717, 1.165) is 40.3 Å². The lowest BCUT2D eigenvalue weighted by atomic mass is 9.72. The van der Waals surface area contributed by atoms with Gasteiger partial charge >= 0.3 is 6.18 Å². The predicted octanol–water partition coefficient (Wildman–Crippen LogP) is 7.19. The van der Waals surface area contributed by atoms with Gasteiger partial charge in [0.05, 0.1) is 30.5 Å². The van der Waals surface area contributed by atoms with E-state index < -0.39 is 29.3 Å². The number of carbonyl (C=O) groups excluding carboxylic acids is 1. The van der Waals surface area contributed by atoms with Gasteiger partial charge in [0.15, 0.2) is 0 Å². The average Bonchev–Trinajstić information content (AvgIpc) is 3.76. The highest BCUT2D eigenvalue weighted by molar-refractivity contribution is 6.36. The Morgan fingerprint density at radius 1 is 0.891 bits per heavy atom. The molecule has 1 aliphatic heterocycles. The fourth-order valence-electron chi connectivity index (χ4n) is 8.06. The zero-order valence-electron chi connectivity index (χ0n) is 31.0. The highest BCUT2D eigenvalue weighted by Crippen LogP contribution is 2.46. The second-order valence-corrected chi connectivity index (χ2v) is 15.3. The van der Waals surface area contributed by atoms with Crippen molar-refractivity contribution in [3.63, 3.8) is 0 Å². The van der Waals surface area contributed by atoms with Gasteiger partial charge in [-0.05, 0) is 80.3 Å². The smallest absolute Gasteiger partial charge is 0.421 e. The first-order valence-electron chi connectivity index (χ1n) is 18.5. The van der Waals surface area contributed by atoms with Gasteiger partial charge in [0, 0.05) is 54.4 Å². The van der Waals surface area contributed by atoms with Crippen molar-refractivity contribution in [1.29, 1.82) is 0 Å². The molecule has 7 rings (SSSR count). The summed E-state index contributed by atoms with van der Waals surface area (Å²) in [5.41, 5.74) is 4.14. The Labute approximate surface area is 323 Å². The van der Waals surface area contributed by atoms with Crippen LogP contribution in [0.4, 0.5) is 13.2 Å². The van der Waals surface area contributed by atoms with Crippen LogP contribution in [0.2, 0.25) is 5.02 Å². The topological polar surface area (TPSA) is 127 Å². The number of ether oxygens (including phenoxy) is 3.